The van der Waals surface area contributed by atoms with Crippen molar-refractivity contribution in [2.75, 3.05) is 0 Å². The first-order chi connectivity index (χ1) is 12.3. The van der Waals surface area contributed by atoms with Crippen LogP contribution < -0.4 is 4.74 Å². The van der Waals surface area contributed by atoms with E-state index < -0.39 is 35.0 Å². The zero-order valence-corrected chi connectivity index (χ0v) is 13.4. The molecule has 0 amide bonds. The molecule has 0 atom stereocenters. The van der Waals surface area contributed by atoms with Gasteiger partial charge in [-0.15, -0.1) is 0 Å². The Morgan fingerprint density at radius 3 is 1.96 bits per heavy atom. The van der Waals surface area contributed by atoms with Gasteiger partial charge < -0.3 is 4.74 Å². The predicted octanol–water partition coefficient (Wildman–Crippen LogP) is 5.60. The number of aryl methyl sites for hydroxylation is 1. The summed E-state index contributed by atoms with van der Waals surface area (Å²) in [5.74, 6) is -5.87. The standard InChI is InChI=1S/C19H12F5NO/c1-11-2-4-12(5-3-11)13-6-7-17(25-10-13)19(23,24)26-14-8-15(20)18(22)16(21)9-14/h2-10H,1H3. The second-order valence-electron chi connectivity index (χ2n) is 5.62. The monoisotopic (exact) mass is 365 g/mol. The summed E-state index contributed by atoms with van der Waals surface area (Å²) in [6.45, 7) is 1.92. The number of alkyl halides is 2. The zero-order chi connectivity index (χ0) is 18.9. The van der Waals surface area contributed by atoms with Crippen molar-refractivity contribution in [1.82, 2.24) is 4.98 Å². The minimum atomic E-state index is -3.96. The highest BCUT2D eigenvalue weighted by Gasteiger charge is 2.37. The number of ether oxygens (including phenoxy) is 1. The van der Waals surface area contributed by atoms with Gasteiger partial charge in [-0.05, 0) is 18.6 Å². The Labute approximate surface area is 145 Å². The molecule has 3 rings (SSSR count). The summed E-state index contributed by atoms with van der Waals surface area (Å²) in [4.78, 5) is 3.67. The van der Waals surface area contributed by atoms with E-state index in [0.717, 1.165) is 17.2 Å². The third kappa shape index (κ3) is 3.66. The second kappa shape index (κ2) is 6.74. The third-order valence-corrected chi connectivity index (χ3v) is 3.65. The fourth-order valence-electron chi connectivity index (χ4n) is 2.27. The lowest BCUT2D eigenvalue weighted by Crippen LogP contribution is -2.23. The molecule has 26 heavy (non-hydrogen) atoms. The van der Waals surface area contributed by atoms with Crippen molar-refractivity contribution in [3.8, 4) is 16.9 Å². The fraction of sp³-hybridized carbons (Fsp3) is 0.105. The van der Waals surface area contributed by atoms with Crippen molar-refractivity contribution >= 4 is 0 Å². The molecule has 0 bridgehead atoms. The van der Waals surface area contributed by atoms with Gasteiger partial charge in [0.05, 0.1) is 0 Å². The highest BCUT2D eigenvalue weighted by molar-refractivity contribution is 5.62. The Hall–Kier alpha value is -2.96. The lowest BCUT2D eigenvalue weighted by atomic mass is 10.1. The van der Waals surface area contributed by atoms with Crippen molar-refractivity contribution in [1.29, 1.82) is 0 Å². The smallest absolute Gasteiger partial charge is 0.428 e. The van der Waals surface area contributed by atoms with Crippen LogP contribution in [0.3, 0.4) is 0 Å². The molecule has 0 unspecified atom stereocenters. The zero-order valence-electron chi connectivity index (χ0n) is 13.4. The van der Waals surface area contributed by atoms with E-state index in [4.69, 9.17) is 0 Å². The Balaban J connectivity index is 1.84. The second-order valence-corrected chi connectivity index (χ2v) is 5.62. The molecule has 0 saturated heterocycles. The molecule has 0 aliphatic heterocycles. The van der Waals surface area contributed by atoms with E-state index in [0.29, 0.717) is 17.7 Å². The molecule has 0 aliphatic rings. The molecule has 0 N–H and O–H groups in total. The van der Waals surface area contributed by atoms with E-state index in [-0.39, 0.29) is 0 Å². The molecular formula is C19H12F5NO. The summed E-state index contributed by atoms with van der Waals surface area (Å²) in [5.41, 5.74) is 1.71. The summed E-state index contributed by atoms with van der Waals surface area (Å²) >= 11 is 0. The fourth-order valence-corrected chi connectivity index (χ4v) is 2.27. The number of halogens is 5. The van der Waals surface area contributed by atoms with Gasteiger partial charge in [0.1, 0.15) is 5.75 Å². The van der Waals surface area contributed by atoms with Crippen LogP contribution in [-0.4, -0.2) is 4.98 Å². The van der Waals surface area contributed by atoms with E-state index in [2.05, 4.69) is 9.72 Å². The van der Waals surface area contributed by atoms with Gasteiger partial charge in [-0.1, -0.05) is 35.9 Å². The van der Waals surface area contributed by atoms with Gasteiger partial charge in [-0.3, -0.25) is 4.98 Å². The van der Waals surface area contributed by atoms with E-state index >= 15 is 0 Å². The van der Waals surface area contributed by atoms with Crippen molar-refractivity contribution in [2.24, 2.45) is 0 Å². The molecule has 0 aliphatic carbocycles. The lowest BCUT2D eigenvalue weighted by Gasteiger charge is -2.18. The highest BCUT2D eigenvalue weighted by Crippen LogP contribution is 2.32. The van der Waals surface area contributed by atoms with Crippen LogP contribution in [0.25, 0.3) is 11.1 Å². The molecule has 7 heteroatoms. The van der Waals surface area contributed by atoms with E-state index in [9.17, 15) is 22.0 Å². The van der Waals surface area contributed by atoms with Gasteiger partial charge >= 0.3 is 6.11 Å². The molecule has 1 aromatic heterocycles. The lowest BCUT2D eigenvalue weighted by molar-refractivity contribution is -0.188. The van der Waals surface area contributed by atoms with Crippen molar-refractivity contribution in [3.63, 3.8) is 0 Å². The van der Waals surface area contributed by atoms with Gasteiger partial charge in [-0.25, -0.2) is 13.2 Å². The molecule has 0 fully saturated rings. The number of rotatable bonds is 4. The number of hydrogen-bond donors (Lipinski definition) is 0. The van der Waals surface area contributed by atoms with Crippen LogP contribution in [0.4, 0.5) is 22.0 Å². The maximum atomic E-state index is 14.2. The first-order valence-electron chi connectivity index (χ1n) is 7.51. The van der Waals surface area contributed by atoms with Gasteiger partial charge in [0.2, 0.25) is 0 Å². The van der Waals surface area contributed by atoms with Gasteiger partial charge in [0.15, 0.2) is 23.1 Å². The summed E-state index contributed by atoms with van der Waals surface area (Å²) in [6, 6.07) is 10.5. The topological polar surface area (TPSA) is 22.1 Å². The predicted molar refractivity (Wildman–Crippen MR) is 85.2 cm³/mol. The highest BCUT2D eigenvalue weighted by atomic mass is 19.3. The SMILES string of the molecule is Cc1ccc(-c2ccc(C(F)(F)Oc3cc(F)c(F)c(F)c3)nc2)cc1. The maximum Gasteiger partial charge on any atom is 0.444 e. The Bertz CT molecular complexity index is 901. The third-order valence-electron chi connectivity index (χ3n) is 3.65. The normalized spacial score (nSPS) is 11.5. The molecular weight excluding hydrogens is 353 g/mol. The summed E-state index contributed by atoms with van der Waals surface area (Å²) in [6.07, 6.45) is -2.72. The minimum absolute atomic E-state index is 0.340. The van der Waals surface area contributed by atoms with Crippen LogP contribution in [0, 0.1) is 24.4 Å². The first kappa shape index (κ1) is 17.8. The average molecular weight is 365 g/mol. The number of hydrogen-bond acceptors (Lipinski definition) is 2. The number of aromatic nitrogens is 1. The molecule has 1 heterocycles. The van der Waals surface area contributed by atoms with Crippen molar-refractivity contribution < 1.29 is 26.7 Å². The molecule has 0 radical (unpaired) electrons. The molecule has 134 valence electrons. The van der Waals surface area contributed by atoms with Crippen LogP contribution in [0.1, 0.15) is 11.3 Å². The van der Waals surface area contributed by atoms with Gasteiger partial charge in [0, 0.05) is 23.9 Å². The van der Waals surface area contributed by atoms with E-state index in [1.807, 2.05) is 31.2 Å². The number of nitrogens with zero attached hydrogens (tertiary/aromatic N) is 1. The quantitative estimate of drug-likeness (QED) is 0.443. The summed E-state index contributed by atoms with van der Waals surface area (Å²) < 4.78 is 71.8. The Kier molecular flexibility index (Phi) is 4.63. The minimum Gasteiger partial charge on any atom is -0.428 e. The summed E-state index contributed by atoms with van der Waals surface area (Å²) in [5, 5.41) is 0. The molecule has 2 aromatic carbocycles. The van der Waals surface area contributed by atoms with Gasteiger partial charge in [0.25, 0.3) is 0 Å². The summed E-state index contributed by atoms with van der Waals surface area (Å²) in [7, 11) is 0. The van der Waals surface area contributed by atoms with E-state index in [1.54, 1.807) is 0 Å². The Morgan fingerprint density at radius 2 is 1.42 bits per heavy atom. The van der Waals surface area contributed by atoms with Crippen LogP contribution in [0.15, 0.2) is 54.7 Å². The average Bonchev–Trinajstić information content (AvgIpc) is 2.60. The van der Waals surface area contributed by atoms with Crippen molar-refractivity contribution in [2.45, 2.75) is 13.0 Å². The van der Waals surface area contributed by atoms with Gasteiger partial charge in [-0.2, -0.15) is 8.78 Å². The van der Waals surface area contributed by atoms with Crippen LogP contribution in [0.2, 0.25) is 0 Å². The first-order valence-corrected chi connectivity index (χ1v) is 7.51. The molecule has 2 nitrogen and oxygen atoms in total. The largest absolute Gasteiger partial charge is 0.444 e. The Morgan fingerprint density at radius 1 is 0.846 bits per heavy atom. The van der Waals surface area contributed by atoms with Crippen LogP contribution in [-0.2, 0) is 6.11 Å². The molecule has 0 spiro atoms. The number of benzene rings is 2. The molecule has 0 saturated carbocycles. The number of pyridine rings is 1. The molecule has 3 aromatic rings. The van der Waals surface area contributed by atoms with Crippen LogP contribution >= 0.6 is 0 Å². The van der Waals surface area contributed by atoms with Crippen molar-refractivity contribution in [3.05, 3.63) is 83.4 Å². The maximum absolute atomic E-state index is 14.2. The van der Waals surface area contributed by atoms with E-state index in [1.165, 1.54) is 12.3 Å². The van der Waals surface area contributed by atoms with Crippen LogP contribution in [0.5, 0.6) is 5.75 Å².